The third-order valence-corrected chi connectivity index (χ3v) is 2.50. The van der Waals surface area contributed by atoms with Crippen LogP contribution in [0.3, 0.4) is 0 Å². The van der Waals surface area contributed by atoms with Crippen molar-refractivity contribution in [3.05, 3.63) is 60.0 Å². The van der Waals surface area contributed by atoms with Gasteiger partial charge >= 0.3 is 0 Å². The molecule has 0 atom stereocenters. The van der Waals surface area contributed by atoms with Crippen LogP contribution < -0.4 is 0 Å². The summed E-state index contributed by atoms with van der Waals surface area (Å²) in [7, 11) is 0. The van der Waals surface area contributed by atoms with Crippen LogP contribution in [0.15, 0.2) is 54.5 Å². The van der Waals surface area contributed by atoms with Crippen molar-refractivity contribution in [2.75, 3.05) is 0 Å². The predicted molar refractivity (Wildman–Crippen MR) is 70.6 cm³/mol. The SMILES string of the molecule is [2H]c1c([2H])c([2H])c(-c2ccccc2C(C)(C)C)c([2H])c1[2H]. The van der Waals surface area contributed by atoms with Gasteiger partial charge in [0.15, 0.2) is 0 Å². The highest BCUT2D eigenvalue weighted by molar-refractivity contribution is 5.68. The van der Waals surface area contributed by atoms with Gasteiger partial charge in [0.05, 0.1) is 6.85 Å². The second kappa shape index (κ2) is 4.13. The van der Waals surface area contributed by atoms with Crippen LogP contribution in [-0.4, -0.2) is 0 Å². The molecule has 0 N–H and O–H groups in total. The Morgan fingerprint density at radius 2 is 1.56 bits per heavy atom. The monoisotopic (exact) mass is 215 g/mol. The van der Waals surface area contributed by atoms with Gasteiger partial charge in [-0.15, -0.1) is 0 Å². The van der Waals surface area contributed by atoms with E-state index in [2.05, 4.69) is 0 Å². The van der Waals surface area contributed by atoms with E-state index in [9.17, 15) is 0 Å². The highest BCUT2D eigenvalue weighted by atomic mass is 14.2. The first kappa shape index (κ1) is 6.24. The molecule has 0 saturated heterocycles. The van der Waals surface area contributed by atoms with E-state index in [0.717, 1.165) is 5.56 Å². The minimum Gasteiger partial charge on any atom is -0.0622 e. The molecule has 16 heavy (non-hydrogen) atoms. The van der Waals surface area contributed by atoms with E-state index in [0.29, 0.717) is 5.56 Å². The maximum absolute atomic E-state index is 8.10. The molecular weight excluding hydrogens is 192 g/mol. The second-order valence-corrected chi connectivity index (χ2v) is 4.80. The molecule has 82 valence electrons. The van der Waals surface area contributed by atoms with Gasteiger partial charge in [-0.1, -0.05) is 75.2 Å². The van der Waals surface area contributed by atoms with E-state index >= 15 is 0 Å². The van der Waals surface area contributed by atoms with E-state index in [-0.39, 0.29) is 41.2 Å². The lowest BCUT2D eigenvalue weighted by Gasteiger charge is -2.23. The Hall–Kier alpha value is -1.56. The highest BCUT2D eigenvalue weighted by Gasteiger charge is 2.17. The van der Waals surface area contributed by atoms with Crippen molar-refractivity contribution in [2.45, 2.75) is 26.2 Å². The maximum Gasteiger partial charge on any atom is 0.0629 e. The van der Waals surface area contributed by atoms with Crippen molar-refractivity contribution < 1.29 is 6.85 Å². The Kier molecular flexibility index (Phi) is 1.61. The minimum atomic E-state index is -0.359. The van der Waals surface area contributed by atoms with E-state index in [4.69, 9.17) is 6.85 Å². The number of rotatable bonds is 1. The van der Waals surface area contributed by atoms with Crippen LogP contribution in [0.5, 0.6) is 0 Å². The van der Waals surface area contributed by atoms with Crippen molar-refractivity contribution in [3.63, 3.8) is 0 Å². The minimum absolute atomic E-state index is 0.155. The molecular formula is C16H18. The zero-order valence-corrected chi connectivity index (χ0v) is 9.81. The van der Waals surface area contributed by atoms with E-state index < -0.39 is 0 Å². The van der Waals surface area contributed by atoms with Gasteiger partial charge in [0, 0.05) is 0 Å². The molecule has 2 aromatic carbocycles. The highest BCUT2D eigenvalue weighted by Crippen LogP contribution is 2.32. The maximum atomic E-state index is 8.10. The molecule has 0 aliphatic carbocycles. The van der Waals surface area contributed by atoms with Crippen LogP contribution in [0.25, 0.3) is 11.1 Å². The fourth-order valence-electron chi connectivity index (χ4n) is 1.74. The Labute approximate surface area is 105 Å². The summed E-state index contributed by atoms with van der Waals surface area (Å²) in [5.74, 6) is 0. The smallest absolute Gasteiger partial charge is 0.0622 e. The molecule has 0 aliphatic rings. The van der Waals surface area contributed by atoms with Crippen molar-refractivity contribution in [1.29, 1.82) is 0 Å². The summed E-state index contributed by atoms with van der Waals surface area (Å²) in [6.07, 6.45) is 0. The Morgan fingerprint density at radius 3 is 2.19 bits per heavy atom. The third-order valence-electron chi connectivity index (χ3n) is 2.50. The number of benzene rings is 2. The van der Waals surface area contributed by atoms with Crippen molar-refractivity contribution in [1.82, 2.24) is 0 Å². The van der Waals surface area contributed by atoms with Gasteiger partial charge in [-0.2, -0.15) is 0 Å². The van der Waals surface area contributed by atoms with Crippen LogP contribution >= 0.6 is 0 Å². The van der Waals surface area contributed by atoms with E-state index in [1.165, 1.54) is 0 Å². The molecule has 0 aliphatic heterocycles. The summed E-state index contributed by atoms with van der Waals surface area (Å²) in [4.78, 5) is 0. The Bertz CT molecular complexity index is 670. The summed E-state index contributed by atoms with van der Waals surface area (Å²) in [5.41, 5.74) is 1.75. The largest absolute Gasteiger partial charge is 0.0629 e. The Balaban J connectivity index is 2.87. The molecule has 0 nitrogen and oxygen atoms in total. The van der Waals surface area contributed by atoms with Gasteiger partial charge in [0.1, 0.15) is 0 Å². The van der Waals surface area contributed by atoms with Crippen LogP contribution in [0.4, 0.5) is 0 Å². The molecule has 0 bridgehead atoms. The van der Waals surface area contributed by atoms with Gasteiger partial charge < -0.3 is 0 Å². The summed E-state index contributed by atoms with van der Waals surface area (Å²) in [6.45, 7) is 6.13. The molecule has 0 spiro atoms. The molecule has 2 aromatic rings. The molecule has 0 unspecified atom stereocenters. The second-order valence-electron chi connectivity index (χ2n) is 4.80. The zero-order chi connectivity index (χ0) is 15.9. The molecule has 0 saturated carbocycles. The number of hydrogen-bond acceptors (Lipinski definition) is 0. The first-order valence-electron chi connectivity index (χ1n) is 7.83. The third kappa shape index (κ3) is 2.16. The fourth-order valence-corrected chi connectivity index (χ4v) is 1.74. The van der Waals surface area contributed by atoms with Gasteiger partial charge in [-0.3, -0.25) is 0 Å². The summed E-state index contributed by atoms with van der Waals surface area (Å²) in [5, 5.41) is 0. The molecule has 0 radical (unpaired) electrons. The lowest BCUT2D eigenvalue weighted by molar-refractivity contribution is 0.592. The molecule has 0 heteroatoms. The average molecular weight is 215 g/mol. The summed E-state index contributed by atoms with van der Waals surface area (Å²) >= 11 is 0. The predicted octanol–water partition coefficient (Wildman–Crippen LogP) is 4.65. The number of hydrogen-bond donors (Lipinski definition) is 0. The summed E-state index contributed by atoms with van der Waals surface area (Å²) in [6, 6.07) is 6.22. The van der Waals surface area contributed by atoms with Crippen LogP contribution in [0, 0.1) is 0 Å². The van der Waals surface area contributed by atoms with Crippen molar-refractivity contribution in [3.8, 4) is 11.1 Å². The lowest BCUT2D eigenvalue weighted by Crippen LogP contribution is -2.12. The van der Waals surface area contributed by atoms with Crippen LogP contribution in [-0.2, 0) is 5.41 Å². The van der Waals surface area contributed by atoms with Crippen LogP contribution in [0.1, 0.15) is 33.2 Å². The average Bonchev–Trinajstić information content (AvgIpc) is 2.43. The quantitative estimate of drug-likeness (QED) is 0.649. The zero-order valence-electron chi connectivity index (χ0n) is 14.8. The molecule has 0 amide bonds. The first-order chi connectivity index (χ1) is 9.66. The lowest BCUT2D eigenvalue weighted by atomic mass is 9.82. The fraction of sp³-hybridized carbons (Fsp3) is 0.250. The first-order valence-corrected chi connectivity index (χ1v) is 5.33. The summed E-state index contributed by atoms with van der Waals surface area (Å²) < 4.78 is 39.5. The molecule has 2 rings (SSSR count). The normalized spacial score (nSPS) is 15.8. The van der Waals surface area contributed by atoms with Gasteiger partial charge in [0.2, 0.25) is 0 Å². The van der Waals surface area contributed by atoms with E-state index in [1.54, 1.807) is 0 Å². The van der Waals surface area contributed by atoms with Gasteiger partial charge in [0.25, 0.3) is 0 Å². The standard InChI is InChI=1S/C16H18/c1-16(2,3)15-12-8-7-11-14(15)13-9-5-4-6-10-13/h4-12H,1-3H3/i4D,5D,6D,9D,10D. The molecule has 0 aromatic heterocycles. The Morgan fingerprint density at radius 1 is 0.938 bits per heavy atom. The topological polar surface area (TPSA) is 0 Å². The van der Waals surface area contributed by atoms with Gasteiger partial charge in [-0.25, -0.2) is 0 Å². The molecule has 0 heterocycles. The van der Waals surface area contributed by atoms with Crippen molar-refractivity contribution >= 4 is 0 Å². The van der Waals surface area contributed by atoms with Crippen LogP contribution in [0.2, 0.25) is 0 Å². The van der Waals surface area contributed by atoms with E-state index in [1.807, 2.05) is 45.0 Å². The van der Waals surface area contributed by atoms with Crippen molar-refractivity contribution in [2.24, 2.45) is 0 Å². The van der Waals surface area contributed by atoms with Gasteiger partial charge in [-0.05, 0) is 22.1 Å². The molecule has 0 fully saturated rings.